The standard InChI is InChI=1S/C36H44F2N4O5/c1-5-12-41(13-6-2)35(45)27-16-23(3)15-26(20-27)34(44)40-30(19-24-17-28(37)21-29(38)18-24)33(43)32-36(46)42(14-11-39-32)22-25-9-7-8-10-31(25)47-4/h7-10,15-18,20-21,30,32-33,39,43H,5-6,11-14,19,22H2,1-4H3,(H,40,44)/t30-,32-,33-/m0/s1. The molecule has 0 spiro atoms. The molecule has 1 aliphatic heterocycles. The number of carbonyl (C=O) groups excluding carboxylic acids is 3. The zero-order valence-corrected chi connectivity index (χ0v) is 27.4. The molecule has 0 unspecified atom stereocenters. The van der Waals surface area contributed by atoms with Gasteiger partial charge in [0.15, 0.2) is 0 Å². The average molecular weight is 651 g/mol. The van der Waals surface area contributed by atoms with Crippen molar-refractivity contribution >= 4 is 17.7 Å². The molecule has 3 aromatic carbocycles. The molecule has 1 aliphatic rings. The van der Waals surface area contributed by atoms with Crippen molar-refractivity contribution in [3.05, 3.63) is 100 Å². The summed E-state index contributed by atoms with van der Waals surface area (Å²) >= 11 is 0. The van der Waals surface area contributed by atoms with Gasteiger partial charge in [-0.2, -0.15) is 0 Å². The first-order valence-corrected chi connectivity index (χ1v) is 16.0. The number of para-hydroxylation sites is 1. The van der Waals surface area contributed by atoms with Gasteiger partial charge in [0, 0.05) is 55.5 Å². The van der Waals surface area contributed by atoms with Gasteiger partial charge in [-0.25, -0.2) is 8.78 Å². The van der Waals surface area contributed by atoms with E-state index in [1.165, 1.54) is 6.07 Å². The van der Waals surface area contributed by atoms with Gasteiger partial charge in [-0.05, 0) is 73.7 Å². The Balaban J connectivity index is 1.61. The largest absolute Gasteiger partial charge is 0.496 e. The molecule has 9 nitrogen and oxygen atoms in total. The van der Waals surface area contributed by atoms with Crippen LogP contribution in [-0.4, -0.2) is 84.1 Å². The van der Waals surface area contributed by atoms with Crippen LogP contribution >= 0.6 is 0 Å². The minimum atomic E-state index is -1.48. The first-order chi connectivity index (χ1) is 22.5. The maximum Gasteiger partial charge on any atom is 0.253 e. The van der Waals surface area contributed by atoms with Crippen LogP contribution in [0, 0.1) is 18.6 Å². The van der Waals surface area contributed by atoms with Gasteiger partial charge in [0.25, 0.3) is 11.8 Å². The number of nitrogens with one attached hydrogen (secondary N) is 2. The molecule has 3 N–H and O–H groups in total. The Morgan fingerprint density at radius 1 is 1.04 bits per heavy atom. The second-order valence-electron chi connectivity index (χ2n) is 11.9. The molecular formula is C36H44F2N4O5. The monoisotopic (exact) mass is 650 g/mol. The van der Waals surface area contributed by atoms with E-state index in [4.69, 9.17) is 4.74 Å². The van der Waals surface area contributed by atoms with Crippen molar-refractivity contribution in [2.24, 2.45) is 0 Å². The van der Waals surface area contributed by atoms with Gasteiger partial charge in [0.2, 0.25) is 5.91 Å². The Morgan fingerprint density at radius 2 is 1.70 bits per heavy atom. The molecule has 3 aromatic rings. The molecule has 11 heteroatoms. The first-order valence-electron chi connectivity index (χ1n) is 16.0. The van der Waals surface area contributed by atoms with Gasteiger partial charge >= 0.3 is 0 Å². The van der Waals surface area contributed by atoms with Crippen molar-refractivity contribution in [2.45, 2.75) is 64.8 Å². The number of amides is 3. The third kappa shape index (κ3) is 9.14. The Bertz CT molecular complexity index is 1540. The number of rotatable bonds is 14. The average Bonchev–Trinajstić information content (AvgIpc) is 3.04. The van der Waals surface area contributed by atoms with E-state index in [0.717, 1.165) is 36.6 Å². The number of piperazine rings is 1. The fourth-order valence-corrected chi connectivity index (χ4v) is 6.01. The summed E-state index contributed by atoms with van der Waals surface area (Å²) in [6, 6.07) is 12.9. The highest BCUT2D eigenvalue weighted by molar-refractivity contribution is 6.00. The van der Waals surface area contributed by atoms with Crippen LogP contribution in [0.2, 0.25) is 0 Å². The van der Waals surface area contributed by atoms with Gasteiger partial charge in [-0.15, -0.1) is 0 Å². The number of aryl methyl sites for hydroxylation is 1. The number of carbonyl (C=O) groups is 3. The molecule has 3 atom stereocenters. The van der Waals surface area contributed by atoms with E-state index < -0.39 is 41.6 Å². The van der Waals surface area contributed by atoms with Gasteiger partial charge in [-0.3, -0.25) is 14.4 Å². The van der Waals surface area contributed by atoms with E-state index in [9.17, 15) is 28.3 Å². The summed E-state index contributed by atoms with van der Waals surface area (Å²) in [4.78, 5) is 44.2. The number of hydrogen-bond acceptors (Lipinski definition) is 6. The predicted octanol–water partition coefficient (Wildman–Crippen LogP) is 4.25. The lowest BCUT2D eigenvalue weighted by Gasteiger charge is -2.38. The van der Waals surface area contributed by atoms with E-state index in [2.05, 4.69) is 10.6 Å². The smallest absolute Gasteiger partial charge is 0.253 e. The third-order valence-corrected chi connectivity index (χ3v) is 8.19. The Labute approximate surface area is 274 Å². The number of aliphatic hydroxyl groups excluding tert-OH is 1. The zero-order valence-electron chi connectivity index (χ0n) is 27.4. The fraction of sp³-hybridized carbons (Fsp3) is 0.417. The Kier molecular flexibility index (Phi) is 12.4. The minimum Gasteiger partial charge on any atom is -0.496 e. The minimum absolute atomic E-state index is 0.169. The molecule has 0 aliphatic carbocycles. The summed E-state index contributed by atoms with van der Waals surface area (Å²) in [7, 11) is 1.55. The molecule has 0 radical (unpaired) electrons. The predicted molar refractivity (Wildman–Crippen MR) is 175 cm³/mol. The Hall–Kier alpha value is -4.35. The van der Waals surface area contributed by atoms with Crippen molar-refractivity contribution in [2.75, 3.05) is 33.3 Å². The van der Waals surface area contributed by atoms with Crippen molar-refractivity contribution in [1.82, 2.24) is 20.4 Å². The van der Waals surface area contributed by atoms with E-state index in [1.54, 1.807) is 42.0 Å². The number of benzene rings is 3. The lowest BCUT2D eigenvalue weighted by atomic mass is 9.93. The molecule has 3 amide bonds. The highest BCUT2D eigenvalue weighted by Crippen LogP contribution is 2.22. The van der Waals surface area contributed by atoms with E-state index in [0.29, 0.717) is 43.1 Å². The Morgan fingerprint density at radius 3 is 2.36 bits per heavy atom. The normalized spacial score (nSPS) is 16.0. The molecule has 0 bridgehead atoms. The quantitative estimate of drug-likeness (QED) is 0.241. The molecule has 1 heterocycles. The van der Waals surface area contributed by atoms with Gasteiger partial charge in [0.1, 0.15) is 23.4 Å². The zero-order chi connectivity index (χ0) is 34.1. The molecule has 0 aromatic heterocycles. The molecule has 1 saturated heterocycles. The van der Waals surface area contributed by atoms with Crippen LogP contribution in [0.25, 0.3) is 0 Å². The lowest BCUT2D eigenvalue weighted by molar-refractivity contribution is -0.140. The lowest BCUT2D eigenvalue weighted by Crippen LogP contribution is -2.63. The van der Waals surface area contributed by atoms with Crippen LogP contribution in [0.5, 0.6) is 5.75 Å². The molecule has 0 saturated carbocycles. The second-order valence-corrected chi connectivity index (χ2v) is 11.9. The molecular weight excluding hydrogens is 606 g/mol. The highest BCUT2D eigenvalue weighted by atomic mass is 19.1. The van der Waals surface area contributed by atoms with Crippen LogP contribution in [-0.2, 0) is 17.8 Å². The summed E-state index contributed by atoms with van der Waals surface area (Å²) in [5.41, 5.74) is 2.21. The number of halogens is 2. The second kappa shape index (κ2) is 16.5. The van der Waals surface area contributed by atoms with Gasteiger partial charge < -0.3 is 30.3 Å². The van der Waals surface area contributed by atoms with Crippen LogP contribution in [0.3, 0.4) is 0 Å². The molecule has 252 valence electrons. The third-order valence-electron chi connectivity index (χ3n) is 8.19. The first kappa shape index (κ1) is 35.5. The van der Waals surface area contributed by atoms with E-state index in [1.807, 2.05) is 32.0 Å². The molecule has 4 rings (SSSR count). The fourth-order valence-electron chi connectivity index (χ4n) is 6.01. The molecule has 47 heavy (non-hydrogen) atoms. The summed E-state index contributed by atoms with van der Waals surface area (Å²) in [5, 5.41) is 17.5. The van der Waals surface area contributed by atoms with E-state index >= 15 is 0 Å². The summed E-state index contributed by atoms with van der Waals surface area (Å²) in [5.74, 6) is -2.17. The van der Waals surface area contributed by atoms with Crippen LogP contribution in [0.4, 0.5) is 8.78 Å². The maximum absolute atomic E-state index is 14.2. The number of methoxy groups -OCH3 is 1. The van der Waals surface area contributed by atoms with Crippen molar-refractivity contribution in [1.29, 1.82) is 0 Å². The highest BCUT2D eigenvalue weighted by Gasteiger charge is 2.39. The van der Waals surface area contributed by atoms with Crippen LogP contribution in [0.15, 0.2) is 60.7 Å². The molecule has 1 fully saturated rings. The van der Waals surface area contributed by atoms with Gasteiger partial charge in [0.05, 0.1) is 19.3 Å². The van der Waals surface area contributed by atoms with Crippen LogP contribution < -0.4 is 15.4 Å². The number of hydrogen-bond donors (Lipinski definition) is 3. The summed E-state index contributed by atoms with van der Waals surface area (Å²) in [6.45, 7) is 7.91. The number of aliphatic hydroxyl groups is 1. The van der Waals surface area contributed by atoms with Crippen molar-refractivity contribution in [3.8, 4) is 5.75 Å². The van der Waals surface area contributed by atoms with Crippen molar-refractivity contribution < 1.29 is 33.0 Å². The van der Waals surface area contributed by atoms with Gasteiger partial charge in [-0.1, -0.05) is 32.0 Å². The number of nitrogens with zero attached hydrogens (tertiary/aromatic N) is 2. The van der Waals surface area contributed by atoms with E-state index in [-0.39, 0.29) is 30.0 Å². The number of ether oxygens (including phenoxy) is 1. The van der Waals surface area contributed by atoms with Crippen LogP contribution in [0.1, 0.15) is 64.1 Å². The summed E-state index contributed by atoms with van der Waals surface area (Å²) < 4.78 is 33.8. The summed E-state index contributed by atoms with van der Waals surface area (Å²) in [6.07, 6.45) is -0.0725. The topological polar surface area (TPSA) is 111 Å². The maximum atomic E-state index is 14.2. The SMILES string of the molecule is CCCN(CCC)C(=O)c1cc(C)cc(C(=O)N[C@@H](Cc2cc(F)cc(F)c2)[C@H](O)[C@@H]2NCCN(Cc3ccccc3OC)C2=O)c1. The van der Waals surface area contributed by atoms with Crippen molar-refractivity contribution in [3.63, 3.8) is 0 Å².